The summed E-state index contributed by atoms with van der Waals surface area (Å²) in [6.45, 7) is 10.4. The first-order valence-corrected chi connectivity index (χ1v) is 6.52. The third-order valence-electron chi connectivity index (χ3n) is 2.71. The number of nitrogens with two attached hydrogens (primary N) is 1. The molecule has 3 nitrogen and oxygen atoms in total. The lowest BCUT2D eigenvalue weighted by Crippen LogP contribution is -2.45. The van der Waals surface area contributed by atoms with Crippen molar-refractivity contribution in [2.75, 3.05) is 0 Å². The number of nitrogens with one attached hydrogen (secondary N) is 1. The summed E-state index contributed by atoms with van der Waals surface area (Å²) in [4.78, 5) is 4.47. The molecular formula is C15H25N3. The van der Waals surface area contributed by atoms with Crippen molar-refractivity contribution in [1.82, 2.24) is 5.32 Å². The van der Waals surface area contributed by atoms with Crippen LogP contribution in [-0.4, -0.2) is 11.5 Å². The summed E-state index contributed by atoms with van der Waals surface area (Å²) in [6, 6.07) is 8.61. The topological polar surface area (TPSA) is 50.4 Å². The van der Waals surface area contributed by atoms with Crippen LogP contribution in [0.25, 0.3) is 0 Å². The van der Waals surface area contributed by atoms with E-state index in [1.54, 1.807) is 0 Å². The predicted octanol–water partition coefficient (Wildman–Crippen LogP) is 3.01. The third kappa shape index (κ3) is 4.78. The summed E-state index contributed by atoms with van der Waals surface area (Å²) < 4.78 is 0. The van der Waals surface area contributed by atoms with Crippen molar-refractivity contribution in [3.05, 3.63) is 35.4 Å². The minimum atomic E-state index is -0.0562. The van der Waals surface area contributed by atoms with Crippen molar-refractivity contribution in [3.8, 4) is 0 Å². The van der Waals surface area contributed by atoms with Crippen LogP contribution in [-0.2, 0) is 6.42 Å². The Labute approximate surface area is 111 Å². The number of benzene rings is 1. The van der Waals surface area contributed by atoms with Gasteiger partial charge < -0.3 is 11.1 Å². The summed E-state index contributed by atoms with van der Waals surface area (Å²) in [5, 5.41) is 3.17. The highest BCUT2D eigenvalue weighted by Gasteiger charge is 2.11. The number of hydrogen-bond acceptors (Lipinski definition) is 1. The van der Waals surface area contributed by atoms with Crippen LogP contribution in [0.4, 0.5) is 0 Å². The lowest BCUT2D eigenvalue weighted by molar-refractivity contribution is 0.507. The van der Waals surface area contributed by atoms with E-state index in [9.17, 15) is 0 Å². The fourth-order valence-electron chi connectivity index (χ4n) is 1.73. The van der Waals surface area contributed by atoms with Crippen molar-refractivity contribution in [2.24, 2.45) is 10.7 Å². The predicted molar refractivity (Wildman–Crippen MR) is 78.7 cm³/mol. The largest absolute Gasteiger partial charge is 0.370 e. The van der Waals surface area contributed by atoms with Gasteiger partial charge in [-0.3, -0.25) is 0 Å². The SMILES string of the molecule is CCc1ccc(C(C)N=C(N)NC(C)(C)C)cc1. The Morgan fingerprint density at radius 1 is 1.28 bits per heavy atom. The van der Waals surface area contributed by atoms with Gasteiger partial charge in [0.25, 0.3) is 0 Å². The van der Waals surface area contributed by atoms with Gasteiger partial charge in [0.2, 0.25) is 0 Å². The normalized spacial score (nSPS) is 14.4. The van der Waals surface area contributed by atoms with Gasteiger partial charge in [0.1, 0.15) is 0 Å². The molecule has 0 aliphatic rings. The minimum Gasteiger partial charge on any atom is -0.370 e. The van der Waals surface area contributed by atoms with E-state index in [4.69, 9.17) is 5.73 Å². The molecule has 1 aromatic carbocycles. The molecule has 1 unspecified atom stereocenters. The molecule has 0 spiro atoms. The molecule has 18 heavy (non-hydrogen) atoms. The van der Waals surface area contributed by atoms with Gasteiger partial charge in [0.15, 0.2) is 5.96 Å². The molecule has 0 amide bonds. The first-order chi connectivity index (χ1) is 8.31. The lowest BCUT2D eigenvalue weighted by Gasteiger charge is -2.22. The maximum Gasteiger partial charge on any atom is 0.189 e. The molecule has 100 valence electrons. The Hall–Kier alpha value is -1.51. The number of aliphatic imine (C=N–C) groups is 1. The van der Waals surface area contributed by atoms with Gasteiger partial charge in [-0.2, -0.15) is 0 Å². The van der Waals surface area contributed by atoms with Crippen LogP contribution in [0.2, 0.25) is 0 Å². The van der Waals surface area contributed by atoms with E-state index in [2.05, 4.69) is 69.2 Å². The molecule has 0 radical (unpaired) electrons. The molecule has 3 N–H and O–H groups in total. The van der Waals surface area contributed by atoms with E-state index < -0.39 is 0 Å². The van der Waals surface area contributed by atoms with E-state index in [0.29, 0.717) is 5.96 Å². The zero-order valence-corrected chi connectivity index (χ0v) is 12.1. The number of rotatable bonds is 3. The molecule has 0 saturated heterocycles. The highest BCUT2D eigenvalue weighted by Crippen LogP contribution is 2.17. The van der Waals surface area contributed by atoms with E-state index in [1.165, 1.54) is 11.1 Å². The number of hydrogen-bond donors (Lipinski definition) is 2. The first-order valence-electron chi connectivity index (χ1n) is 6.52. The third-order valence-corrected chi connectivity index (χ3v) is 2.71. The summed E-state index contributed by atoms with van der Waals surface area (Å²) in [7, 11) is 0. The van der Waals surface area contributed by atoms with E-state index in [1.807, 2.05) is 0 Å². The number of aryl methyl sites for hydroxylation is 1. The average Bonchev–Trinajstić information content (AvgIpc) is 2.26. The second-order valence-electron chi connectivity index (χ2n) is 5.66. The zero-order chi connectivity index (χ0) is 13.8. The smallest absolute Gasteiger partial charge is 0.189 e. The van der Waals surface area contributed by atoms with Gasteiger partial charge in [0, 0.05) is 5.54 Å². The number of guanidine groups is 1. The molecule has 3 heteroatoms. The van der Waals surface area contributed by atoms with Crippen LogP contribution in [0, 0.1) is 0 Å². The summed E-state index contributed by atoms with van der Waals surface area (Å²) >= 11 is 0. The molecule has 0 aliphatic heterocycles. The maximum atomic E-state index is 5.89. The summed E-state index contributed by atoms with van der Waals surface area (Å²) in [6.07, 6.45) is 1.06. The molecule has 0 bridgehead atoms. The fraction of sp³-hybridized carbons (Fsp3) is 0.533. The van der Waals surface area contributed by atoms with E-state index in [0.717, 1.165) is 6.42 Å². The first kappa shape index (κ1) is 14.6. The average molecular weight is 247 g/mol. The number of nitrogens with zero attached hydrogens (tertiary/aromatic N) is 1. The Morgan fingerprint density at radius 2 is 1.83 bits per heavy atom. The molecule has 0 aliphatic carbocycles. The van der Waals surface area contributed by atoms with Crippen LogP contribution >= 0.6 is 0 Å². The maximum absolute atomic E-state index is 5.89. The van der Waals surface area contributed by atoms with Crippen molar-refractivity contribution in [2.45, 2.75) is 52.6 Å². The highest BCUT2D eigenvalue weighted by molar-refractivity contribution is 5.78. The van der Waals surface area contributed by atoms with Crippen LogP contribution in [0.3, 0.4) is 0 Å². The lowest BCUT2D eigenvalue weighted by atomic mass is 10.1. The molecule has 0 saturated carbocycles. The Bertz CT molecular complexity index is 399. The van der Waals surface area contributed by atoms with Gasteiger partial charge in [-0.25, -0.2) is 4.99 Å². The molecule has 1 aromatic rings. The van der Waals surface area contributed by atoms with Crippen molar-refractivity contribution in [1.29, 1.82) is 0 Å². The van der Waals surface area contributed by atoms with Crippen LogP contribution in [0.15, 0.2) is 29.3 Å². The summed E-state index contributed by atoms with van der Waals surface area (Å²) in [5.41, 5.74) is 8.37. The quantitative estimate of drug-likeness (QED) is 0.637. The monoisotopic (exact) mass is 247 g/mol. The van der Waals surface area contributed by atoms with Gasteiger partial charge in [-0.15, -0.1) is 0 Å². The Kier molecular flexibility index (Phi) is 4.76. The van der Waals surface area contributed by atoms with Crippen molar-refractivity contribution in [3.63, 3.8) is 0 Å². The Morgan fingerprint density at radius 3 is 2.28 bits per heavy atom. The molecule has 0 fully saturated rings. The van der Waals surface area contributed by atoms with Gasteiger partial charge in [0.05, 0.1) is 6.04 Å². The Balaban J connectivity index is 2.74. The van der Waals surface area contributed by atoms with Crippen LogP contribution < -0.4 is 11.1 Å². The fourth-order valence-corrected chi connectivity index (χ4v) is 1.73. The molecular weight excluding hydrogens is 222 g/mol. The van der Waals surface area contributed by atoms with E-state index in [-0.39, 0.29) is 11.6 Å². The zero-order valence-electron chi connectivity index (χ0n) is 12.1. The molecule has 1 rings (SSSR count). The van der Waals surface area contributed by atoms with E-state index >= 15 is 0 Å². The van der Waals surface area contributed by atoms with Gasteiger partial charge >= 0.3 is 0 Å². The minimum absolute atomic E-state index is 0.0562. The highest BCUT2D eigenvalue weighted by atomic mass is 15.1. The van der Waals surface area contributed by atoms with Crippen LogP contribution in [0.1, 0.15) is 51.8 Å². The second-order valence-corrected chi connectivity index (χ2v) is 5.66. The summed E-state index contributed by atoms with van der Waals surface area (Å²) in [5.74, 6) is 0.495. The molecule has 0 aromatic heterocycles. The standard InChI is InChI=1S/C15H25N3/c1-6-12-7-9-13(10-8-12)11(2)17-14(16)18-15(3,4)5/h7-11H,6H2,1-5H3,(H3,16,17,18). The van der Waals surface area contributed by atoms with Crippen LogP contribution in [0.5, 0.6) is 0 Å². The van der Waals surface area contributed by atoms with Gasteiger partial charge in [-0.05, 0) is 45.2 Å². The van der Waals surface area contributed by atoms with Gasteiger partial charge in [-0.1, -0.05) is 31.2 Å². The molecule has 1 atom stereocenters. The van der Waals surface area contributed by atoms with Crippen molar-refractivity contribution >= 4 is 5.96 Å². The molecule has 0 heterocycles. The second kappa shape index (κ2) is 5.89. The van der Waals surface area contributed by atoms with Crippen molar-refractivity contribution < 1.29 is 0 Å².